The SMILES string of the molecule is CCOc1nc(S(C)(=O)=O)nc2[nH]c(CC)c(Br)c12. The number of sulfone groups is 1. The topological polar surface area (TPSA) is 84.9 Å². The van der Waals surface area contributed by atoms with E-state index < -0.39 is 9.84 Å². The predicted octanol–water partition coefficient (Wildman–Crippen LogP) is 2.08. The van der Waals surface area contributed by atoms with Gasteiger partial charge in [-0.1, -0.05) is 6.92 Å². The highest BCUT2D eigenvalue weighted by molar-refractivity contribution is 9.10. The van der Waals surface area contributed by atoms with Crippen molar-refractivity contribution >= 4 is 36.8 Å². The molecule has 104 valence electrons. The molecule has 0 radical (unpaired) electrons. The summed E-state index contributed by atoms with van der Waals surface area (Å²) in [6.45, 7) is 4.20. The number of hydrogen-bond donors (Lipinski definition) is 1. The molecule has 0 fully saturated rings. The fourth-order valence-corrected chi connectivity index (χ4v) is 2.95. The number of ether oxygens (including phenoxy) is 1. The number of aryl methyl sites for hydroxylation is 1. The summed E-state index contributed by atoms with van der Waals surface area (Å²) in [4.78, 5) is 11.1. The lowest BCUT2D eigenvalue weighted by Gasteiger charge is -2.05. The third-order valence-electron chi connectivity index (χ3n) is 2.58. The van der Waals surface area contributed by atoms with Crippen molar-refractivity contribution in [2.45, 2.75) is 25.4 Å². The van der Waals surface area contributed by atoms with Gasteiger partial charge in [0.25, 0.3) is 5.16 Å². The van der Waals surface area contributed by atoms with Crippen molar-refractivity contribution in [1.82, 2.24) is 15.0 Å². The first-order valence-corrected chi connectivity index (χ1v) is 8.47. The van der Waals surface area contributed by atoms with Gasteiger partial charge in [0.2, 0.25) is 15.7 Å². The van der Waals surface area contributed by atoms with Crippen molar-refractivity contribution < 1.29 is 13.2 Å². The van der Waals surface area contributed by atoms with Gasteiger partial charge in [0.05, 0.1) is 16.5 Å². The number of nitrogens with one attached hydrogen (secondary N) is 1. The van der Waals surface area contributed by atoms with E-state index in [2.05, 4.69) is 30.9 Å². The first kappa shape index (κ1) is 14.3. The van der Waals surface area contributed by atoms with Crippen LogP contribution >= 0.6 is 15.9 Å². The lowest BCUT2D eigenvalue weighted by atomic mass is 10.3. The van der Waals surface area contributed by atoms with Crippen LogP contribution in [0.1, 0.15) is 19.5 Å². The van der Waals surface area contributed by atoms with Crippen LogP contribution in [0.2, 0.25) is 0 Å². The van der Waals surface area contributed by atoms with Crippen LogP contribution < -0.4 is 4.74 Å². The van der Waals surface area contributed by atoms with Gasteiger partial charge in [-0.2, -0.15) is 9.97 Å². The maximum Gasteiger partial charge on any atom is 0.252 e. The second-order valence-electron chi connectivity index (χ2n) is 4.01. The highest BCUT2D eigenvalue weighted by atomic mass is 79.9. The lowest BCUT2D eigenvalue weighted by molar-refractivity contribution is 0.327. The molecule has 19 heavy (non-hydrogen) atoms. The van der Waals surface area contributed by atoms with E-state index in [0.717, 1.165) is 22.8 Å². The average molecular weight is 348 g/mol. The Bertz CT molecular complexity index is 724. The zero-order valence-electron chi connectivity index (χ0n) is 10.8. The van der Waals surface area contributed by atoms with Gasteiger partial charge in [-0.25, -0.2) is 8.42 Å². The fourth-order valence-electron chi connectivity index (χ4n) is 1.71. The molecule has 8 heteroatoms. The van der Waals surface area contributed by atoms with Crippen LogP contribution in [0.25, 0.3) is 11.0 Å². The monoisotopic (exact) mass is 347 g/mol. The number of rotatable bonds is 4. The molecule has 0 aliphatic rings. The van der Waals surface area contributed by atoms with E-state index in [1.54, 1.807) is 0 Å². The van der Waals surface area contributed by atoms with Crippen molar-refractivity contribution in [3.05, 3.63) is 10.2 Å². The molecule has 0 bridgehead atoms. The quantitative estimate of drug-likeness (QED) is 0.855. The Morgan fingerprint density at radius 1 is 1.32 bits per heavy atom. The van der Waals surface area contributed by atoms with Crippen LogP contribution in [-0.4, -0.2) is 36.2 Å². The summed E-state index contributed by atoms with van der Waals surface area (Å²) in [5.41, 5.74) is 1.39. The van der Waals surface area contributed by atoms with Crippen LogP contribution in [0, 0.1) is 0 Å². The minimum absolute atomic E-state index is 0.236. The van der Waals surface area contributed by atoms with E-state index in [0.29, 0.717) is 17.6 Å². The molecular weight excluding hydrogens is 334 g/mol. The van der Waals surface area contributed by atoms with E-state index >= 15 is 0 Å². The van der Waals surface area contributed by atoms with E-state index in [-0.39, 0.29) is 11.0 Å². The Kier molecular flexibility index (Phi) is 3.82. The summed E-state index contributed by atoms with van der Waals surface area (Å²) < 4.78 is 29.4. The Hall–Kier alpha value is -1.15. The number of fused-ring (bicyclic) bond motifs is 1. The molecule has 0 saturated carbocycles. The van der Waals surface area contributed by atoms with Crippen molar-refractivity contribution in [1.29, 1.82) is 0 Å². The summed E-state index contributed by atoms with van der Waals surface area (Å²) in [6.07, 6.45) is 1.83. The molecule has 0 aliphatic carbocycles. The van der Waals surface area contributed by atoms with E-state index in [1.807, 2.05) is 13.8 Å². The zero-order chi connectivity index (χ0) is 14.2. The van der Waals surface area contributed by atoms with Crippen LogP contribution in [0.4, 0.5) is 0 Å². The van der Waals surface area contributed by atoms with Gasteiger partial charge in [-0.15, -0.1) is 0 Å². The minimum atomic E-state index is -3.48. The molecule has 0 unspecified atom stereocenters. The largest absolute Gasteiger partial charge is 0.477 e. The molecular formula is C11H14BrN3O3S. The van der Waals surface area contributed by atoms with Crippen LogP contribution in [0.3, 0.4) is 0 Å². The summed E-state index contributed by atoms with van der Waals surface area (Å²) in [5, 5.41) is 0.436. The molecule has 2 heterocycles. The van der Waals surface area contributed by atoms with Crippen molar-refractivity contribution in [3.8, 4) is 5.88 Å². The maximum atomic E-state index is 11.6. The minimum Gasteiger partial charge on any atom is -0.477 e. The number of nitrogens with zero attached hydrogens (tertiary/aromatic N) is 2. The number of aromatic amines is 1. The van der Waals surface area contributed by atoms with Gasteiger partial charge >= 0.3 is 0 Å². The van der Waals surface area contributed by atoms with Crippen LogP contribution in [0.15, 0.2) is 9.63 Å². The summed E-state index contributed by atoms with van der Waals surface area (Å²) in [6, 6.07) is 0. The summed E-state index contributed by atoms with van der Waals surface area (Å²) >= 11 is 3.47. The molecule has 0 spiro atoms. The van der Waals surface area contributed by atoms with Gasteiger partial charge in [0, 0.05) is 11.9 Å². The van der Waals surface area contributed by atoms with Crippen LogP contribution in [0.5, 0.6) is 5.88 Å². The van der Waals surface area contributed by atoms with E-state index in [4.69, 9.17) is 4.74 Å². The number of halogens is 1. The lowest BCUT2D eigenvalue weighted by Crippen LogP contribution is -2.06. The predicted molar refractivity (Wildman–Crippen MR) is 75.2 cm³/mol. The molecule has 0 aliphatic heterocycles. The first-order valence-electron chi connectivity index (χ1n) is 5.79. The number of hydrogen-bond acceptors (Lipinski definition) is 5. The normalized spacial score (nSPS) is 12.0. The molecule has 0 aromatic carbocycles. The smallest absolute Gasteiger partial charge is 0.252 e. The molecule has 6 nitrogen and oxygen atoms in total. The van der Waals surface area contributed by atoms with Crippen molar-refractivity contribution in [2.24, 2.45) is 0 Å². The Morgan fingerprint density at radius 3 is 2.53 bits per heavy atom. The molecule has 1 N–H and O–H groups in total. The molecule has 0 saturated heterocycles. The van der Waals surface area contributed by atoms with Gasteiger partial charge in [0.1, 0.15) is 5.65 Å². The Labute approximate surface area is 119 Å². The Morgan fingerprint density at radius 2 is 2.00 bits per heavy atom. The van der Waals surface area contributed by atoms with Gasteiger partial charge in [0.15, 0.2) is 0 Å². The van der Waals surface area contributed by atoms with Gasteiger partial charge in [-0.05, 0) is 29.3 Å². The second-order valence-corrected chi connectivity index (χ2v) is 6.71. The molecule has 2 aromatic rings. The highest BCUT2D eigenvalue weighted by Crippen LogP contribution is 2.34. The number of H-pyrrole nitrogens is 1. The third-order valence-corrected chi connectivity index (χ3v) is 4.30. The zero-order valence-corrected chi connectivity index (χ0v) is 13.2. The molecule has 2 aromatic heterocycles. The molecule has 0 atom stereocenters. The first-order chi connectivity index (χ1) is 8.88. The van der Waals surface area contributed by atoms with Crippen molar-refractivity contribution in [2.75, 3.05) is 12.9 Å². The fraction of sp³-hybridized carbons (Fsp3) is 0.455. The van der Waals surface area contributed by atoms with E-state index in [1.165, 1.54) is 0 Å². The maximum absolute atomic E-state index is 11.6. The Balaban J connectivity index is 2.81. The average Bonchev–Trinajstić information content (AvgIpc) is 2.65. The highest BCUT2D eigenvalue weighted by Gasteiger charge is 2.21. The van der Waals surface area contributed by atoms with Crippen LogP contribution in [-0.2, 0) is 16.3 Å². The number of aromatic nitrogens is 3. The molecule has 2 rings (SSSR count). The summed E-state index contributed by atoms with van der Waals surface area (Å²) in [5.74, 6) is 0.274. The summed E-state index contributed by atoms with van der Waals surface area (Å²) in [7, 11) is -3.48. The third kappa shape index (κ3) is 2.59. The van der Waals surface area contributed by atoms with Gasteiger partial charge < -0.3 is 9.72 Å². The van der Waals surface area contributed by atoms with Crippen molar-refractivity contribution in [3.63, 3.8) is 0 Å². The second kappa shape index (κ2) is 5.09. The van der Waals surface area contributed by atoms with E-state index in [9.17, 15) is 8.42 Å². The molecule has 0 amide bonds. The van der Waals surface area contributed by atoms with Gasteiger partial charge in [-0.3, -0.25) is 0 Å². The standard InChI is InChI=1S/C11H14BrN3O3S/c1-4-6-8(12)7-9(13-6)14-11(19(3,16)17)15-10(7)18-5-2/h4-5H2,1-3H3,(H,13,14,15).